The van der Waals surface area contributed by atoms with E-state index in [1.54, 1.807) is 19.3 Å². The van der Waals surface area contributed by atoms with Gasteiger partial charge in [-0.25, -0.2) is 9.98 Å². The lowest BCUT2D eigenvalue weighted by molar-refractivity contribution is -0.114. The molecule has 180 valence electrons. The number of carbonyl (C=O) groups excluding carboxylic acids is 1. The van der Waals surface area contributed by atoms with E-state index in [2.05, 4.69) is 23.3 Å². The van der Waals surface area contributed by atoms with E-state index >= 15 is 0 Å². The quantitative estimate of drug-likeness (QED) is 0.317. The van der Waals surface area contributed by atoms with E-state index < -0.39 is 0 Å². The van der Waals surface area contributed by atoms with Crippen LogP contribution in [0.15, 0.2) is 23.3 Å². The van der Waals surface area contributed by atoms with Crippen LogP contribution in [0.2, 0.25) is 0 Å². The number of nitrogens with one attached hydrogen (secondary N) is 1. The van der Waals surface area contributed by atoms with Crippen LogP contribution in [0.1, 0.15) is 89.5 Å². The molecule has 0 aliphatic heterocycles. The van der Waals surface area contributed by atoms with Gasteiger partial charge in [0.1, 0.15) is 11.9 Å². The van der Waals surface area contributed by atoms with E-state index in [0.717, 1.165) is 43.8 Å². The van der Waals surface area contributed by atoms with Crippen LogP contribution in [0.25, 0.3) is 0 Å². The number of carbonyl (C=O) groups is 1. The van der Waals surface area contributed by atoms with Gasteiger partial charge in [-0.05, 0) is 63.0 Å². The highest BCUT2D eigenvalue weighted by Crippen LogP contribution is 2.38. The molecule has 1 aromatic rings. The second-order valence-electron chi connectivity index (χ2n) is 10.3. The summed E-state index contributed by atoms with van der Waals surface area (Å²) in [6.07, 6.45) is 16.8. The first-order chi connectivity index (χ1) is 15.9. The molecule has 0 saturated heterocycles. The van der Waals surface area contributed by atoms with Gasteiger partial charge < -0.3 is 11.1 Å². The van der Waals surface area contributed by atoms with Crippen molar-refractivity contribution in [1.82, 2.24) is 9.88 Å². The SMILES string of the molecule is CN(C=O)C(N)=N[C@](C)(CCC1CCCCC1)C[C@H]1CCC[C@@H](Nc2ccc(C#N)cn2)C1. The highest BCUT2D eigenvalue weighted by Gasteiger charge is 2.32. The lowest BCUT2D eigenvalue weighted by Crippen LogP contribution is -2.39. The van der Waals surface area contributed by atoms with E-state index in [1.165, 1.54) is 56.3 Å². The summed E-state index contributed by atoms with van der Waals surface area (Å²) < 4.78 is 0. The molecule has 1 amide bonds. The second-order valence-corrected chi connectivity index (χ2v) is 10.3. The van der Waals surface area contributed by atoms with Crippen LogP contribution in [0.5, 0.6) is 0 Å². The van der Waals surface area contributed by atoms with Crippen molar-refractivity contribution < 1.29 is 4.79 Å². The molecule has 2 aliphatic rings. The van der Waals surface area contributed by atoms with Crippen LogP contribution in [0.3, 0.4) is 0 Å². The van der Waals surface area contributed by atoms with E-state index in [9.17, 15) is 4.79 Å². The van der Waals surface area contributed by atoms with Gasteiger partial charge in [-0.1, -0.05) is 44.9 Å². The molecule has 0 unspecified atom stereocenters. The average molecular weight is 453 g/mol. The lowest BCUT2D eigenvalue weighted by atomic mass is 9.75. The van der Waals surface area contributed by atoms with Crippen molar-refractivity contribution in [2.24, 2.45) is 22.6 Å². The fourth-order valence-electron chi connectivity index (χ4n) is 5.59. The first-order valence-electron chi connectivity index (χ1n) is 12.6. The zero-order valence-corrected chi connectivity index (χ0v) is 20.3. The number of hydrogen-bond donors (Lipinski definition) is 2. The predicted molar refractivity (Wildman–Crippen MR) is 133 cm³/mol. The van der Waals surface area contributed by atoms with Gasteiger partial charge in [0, 0.05) is 19.3 Å². The molecular weight excluding hydrogens is 412 g/mol. The van der Waals surface area contributed by atoms with E-state index in [4.69, 9.17) is 16.0 Å². The van der Waals surface area contributed by atoms with Gasteiger partial charge in [-0.3, -0.25) is 9.69 Å². The molecule has 0 aromatic carbocycles. The van der Waals surface area contributed by atoms with Crippen molar-refractivity contribution >= 4 is 18.2 Å². The van der Waals surface area contributed by atoms with E-state index in [-0.39, 0.29) is 5.54 Å². The Morgan fingerprint density at radius 1 is 1.27 bits per heavy atom. The smallest absolute Gasteiger partial charge is 0.216 e. The third-order valence-corrected chi connectivity index (χ3v) is 7.48. The largest absolute Gasteiger partial charge is 0.369 e. The van der Waals surface area contributed by atoms with Crippen molar-refractivity contribution in [3.05, 3.63) is 23.9 Å². The van der Waals surface area contributed by atoms with Gasteiger partial charge in [0.05, 0.1) is 11.1 Å². The average Bonchev–Trinajstić information content (AvgIpc) is 2.83. The van der Waals surface area contributed by atoms with Crippen LogP contribution in [0.4, 0.5) is 5.82 Å². The van der Waals surface area contributed by atoms with Crippen molar-refractivity contribution in [2.75, 3.05) is 12.4 Å². The summed E-state index contributed by atoms with van der Waals surface area (Å²) in [5.74, 6) is 2.48. The Balaban J connectivity index is 1.65. The number of amides is 1. The van der Waals surface area contributed by atoms with Crippen LogP contribution >= 0.6 is 0 Å². The fraction of sp³-hybridized carbons (Fsp3) is 0.692. The van der Waals surface area contributed by atoms with Crippen LogP contribution in [-0.4, -0.2) is 40.9 Å². The molecule has 2 aliphatic carbocycles. The Hall–Kier alpha value is -2.62. The summed E-state index contributed by atoms with van der Waals surface area (Å²) in [5.41, 5.74) is 6.49. The van der Waals surface area contributed by atoms with Gasteiger partial charge in [-0.2, -0.15) is 5.26 Å². The standard InChI is InChI=1S/C26H40N6O/c1-26(31-25(28)32(2)19-33,14-13-20-7-4-3-5-8-20)16-21-9-6-10-23(15-21)30-24-12-11-22(17-27)18-29-24/h11-12,18-21,23H,3-10,13-16H2,1-2H3,(H2,28,31)(H,29,30)/t21-,23+,26+/m0/s1. The maximum atomic E-state index is 11.2. The molecule has 0 bridgehead atoms. The fourth-order valence-corrected chi connectivity index (χ4v) is 5.59. The normalized spacial score (nSPS) is 23.8. The summed E-state index contributed by atoms with van der Waals surface area (Å²) in [7, 11) is 1.67. The monoisotopic (exact) mass is 452 g/mol. The number of pyridine rings is 1. The van der Waals surface area contributed by atoms with Crippen LogP contribution in [0, 0.1) is 23.2 Å². The van der Waals surface area contributed by atoms with Crippen molar-refractivity contribution in [3.63, 3.8) is 0 Å². The summed E-state index contributed by atoms with van der Waals surface area (Å²) >= 11 is 0. The summed E-state index contributed by atoms with van der Waals surface area (Å²) in [6, 6.07) is 6.17. The molecule has 3 atom stereocenters. The summed E-state index contributed by atoms with van der Waals surface area (Å²) in [6.45, 7) is 2.22. The molecule has 1 heterocycles. The van der Waals surface area contributed by atoms with Crippen molar-refractivity contribution in [2.45, 2.75) is 95.6 Å². The molecule has 33 heavy (non-hydrogen) atoms. The molecule has 0 spiro atoms. The molecule has 1 aromatic heterocycles. The summed E-state index contributed by atoms with van der Waals surface area (Å²) in [4.78, 5) is 21.9. The Morgan fingerprint density at radius 3 is 2.70 bits per heavy atom. The highest BCUT2D eigenvalue weighted by molar-refractivity contribution is 5.87. The third-order valence-electron chi connectivity index (χ3n) is 7.48. The number of aliphatic imine (C=N–C) groups is 1. The van der Waals surface area contributed by atoms with Crippen molar-refractivity contribution in [1.29, 1.82) is 5.26 Å². The van der Waals surface area contributed by atoms with E-state index in [0.29, 0.717) is 23.5 Å². The molecule has 7 nitrogen and oxygen atoms in total. The molecular formula is C26H40N6O. The highest BCUT2D eigenvalue weighted by atomic mass is 16.1. The minimum absolute atomic E-state index is 0.266. The minimum Gasteiger partial charge on any atom is -0.369 e. The predicted octanol–water partition coefficient (Wildman–Crippen LogP) is 4.84. The summed E-state index contributed by atoms with van der Waals surface area (Å²) in [5, 5.41) is 12.5. The van der Waals surface area contributed by atoms with Gasteiger partial charge in [-0.15, -0.1) is 0 Å². The number of aromatic nitrogens is 1. The molecule has 3 rings (SSSR count). The Morgan fingerprint density at radius 2 is 2.03 bits per heavy atom. The number of guanidine groups is 1. The Bertz CT molecular complexity index is 826. The van der Waals surface area contributed by atoms with Crippen molar-refractivity contribution in [3.8, 4) is 6.07 Å². The molecule has 2 saturated carbocycles. The van der Waals surface area contributed by atoms with E-state index in [1.807, 2.05) is 6.07 Å². The first kappa shape index (κ1) is 25.0. The molecule has 7 heteroatoms. The lowest BCUT2D eigenvalue weighted by Gasteiger charge is -2.37. The zero-order valence-electron chi connectivity index (χ0n) is 20.3. The topological polar surface area (TPSA) is 107 Å². The Kier molecular flexibility index (Phi) is 9.11. The zero-order chi connectivity index (χ0) is 23.7. The third kappa shape index (κ3) is 7.73. The van der Waals surface area contributed by atoms with Gasteiger partial charge in [0.2, 0.25) is 6.41 Å². The number of nitrogens with two attached hydrogens (primary N) is 1. The number of hydrogen-bond acceptors (Lipinski definition) is 5. The first-order valence-corrected chi connectivity index (χ1v) is 12.6. The van der Waals surface area contributed by atoms with Gasteiger partial charge >= 0.3 is 0 Å². The number of nitriles is 1. The maximum Gasteiger partial charge on any atom is 0.216 e. The number of rotatable bonds is 9. The Labute approximate surface area is 198 Å². The molecule has 3 N–H and O–H groups in total. The number of nitrogens with zero attached hydrogens (tertiary/aromatic N) is 4. The van der Waals surface area contributed by atoms with Crippen LogP contribution in [-0.2, 0) is 4.79 Å². The maximum absolute atomic E-state index is 11.2. The van der Waals surface area contributed by atoms with Gasteiger partial charge in [0.25, 0.3) is 0 Å². The molecule has 0 radical (unpaired) electrons. The van der Waals surface area contributed by atoms with Crippen LogP contribution < -0.4 is 11.1 Å². The number of anilines is 1. The minimum atomic E-state index is -0.266. The molecule has 2 fully saturated rings. The van der Waals surface area contributed by atoms with Gasteiger partial charge in [0.15, 0.2) is 5.96 Å². The second kappa shape index (κ2) is 12.0.